The number of nitrogens with zero attached hydrogens (tertiary/aromatic N) is 2. The lowest BCUT2D eigenvalue weighted by Gasteiger charge is -2.11. The first kappa shape index (κ1) is 16.9. The Bertz CT molecular complexity index is 879. The van der Waals surface area contributed by atoms with E-state index in [4.69, 9.17) is 4.74 Å². The zero-order valence-corrected chi connectivity index (χ0v) is 13.8. The van der Waals surface area contributed by atoms with Crippen LogP contribution in [0.5, 0.6) is 11.5 Å². The maximum absolute atomic E-state index is 13.8. The van der Waals surface area contributed by atoms with Crippen LogP contribution in [0.4, 0.5) is 14.5 Å². The molecule has 2 aromatic rings. The molecule has 0 saturated heterocycles. The van der Waals surface area contributed by atoms with Gasteiger partial charge in [0.25, 0.3) is 0 Å². The van der Waals surface area contributed by atoms with Gasteiger partial charge in [0, 0.05) is 32.4 Å². The van der Waals surface area contributed by atoms with E-state index in [-0.39, 0.29) is 17.2 Å². The van der Waals surface area contributed by atoms with Crippen LogP contribution in [0.25, 0.3) is 5.57 Å². The van der Waals surface area contributed by atoms with Gasteiger partial charge in [0.15, 0.2) is 11.6 Å². The molecule has 0 aliphatic heterocycles. The van der Waals surface area contributed by atoms with Crippen LogP contribution in [-0.2, 0) is 6.42 Å². The van der Waals surface area contributed by atoms with Gasteiger partial charge in [-0.1, -0.05) is 0 Å². The van der Waals surface area contributed by atoms with Gasteiger partial charge in [-0.05, 0) is 47.7 Å². The molecular weight excluding hydrogens is 330 g/mol. The molecule has 0 radical (unpaired) electrons. The molecule has 0 fully saturated rings. The molecule has 0 bridgehead atoms. The number of fused-ring (bicyclic) bond motifs is 1. The van der Waals surface area contributed by atoms with Crippen LogP contribution in [0.1, 0.15) is 17.5 Å². The molecule has 0 atom stereocenters. The Labute approximate surface area is 143 Å². The van der Waals surface area contributed by atoms with Crippen LogP contribution in [0, 0.1) is 21.7 Å². The summed E-state index contributed by atoms with van der Waals surface area (Å²) in [5.41, 5.74) is 2.44. The number of allylic oxidation sites excluding steroid dienone is 1. The Morgan fingerprint density at radius 2 is 1.92 bits per heavy atom. The van der Waals surface area contributed by atoms with Crippen molar-refractivity contribution in [3.63, 3.8) is 0 Å². The predicted octanol–water partition coefficient (Wildman–Crippen LogP) is 4.51. The number of nitro benzene ring substituents is 1. The average molecular weight is 346 g/mol. The highest BCUT2D eigenvalue weighted by Gasteiger charge is 2.26. The quantitative estimate of drug-likeness (QED) is 0.603. The van der Waals surface area contributed by atoms with Gasteiger partial charge in [-0.3, -0.25) is 10.1 Å². The monoisotopic (exact) mass is 346 g/mol. The summed E-state index contributed by atoms with van der Waals surface area (Å²) in [5, 5.41) is 11.4. The topological polar surface area (TPSA) is 55.6 Å². The van der Waals surface area contributed by atoms with Gasteiger partial charge >= 0.3 is 5.69 Å². The molecule has 7 heteroatoms. The van der Waals surface area contributed by atoms with Crippen LogP contribution in [0.15, 0.2) is 36.5 Å². The Kier molecular flexibility index (Phi) is 4.39. The minimum atomic E-state index is -0.914. The molecule has 5 nitrogen and oxygen atoms in total. The number of halogens is 2. The summed E-state index contributed by atoms with van der Waals surface area (Å²) in [6.07, 6.45) is 3.41. The van der Waals surface area contributed by atoms with Gasteiger partial charge in [-0.2, -0.15) is 0 Å². The molecule has 0 unspecified atom stereocenters. The van der Waals surface area contributed by atoms with Gasteiger partial charge in [0.05, 0.1) is 4.92 Å². The second kappa shape index (κ2) is 6.51. The van der Waals surface area contributed by atoms with Gasteiger partial charge in [-0.15, -0.1) is 0 Å². The molecule has 25 heavy (non-hydrogen) atoms. The van der Waals surface area contributed by atoms with E-state index in [1.807, 2.05) is 25.2 Å². The van der Waals surface area contributed by atoms with E-state index in [2.05, 4.69) is 0 Å². The van der Waals surface area contributed by atoms with Crippen molar-refractivity contribution in [1.82, 2.24) is 4.90 Å². The standard InChI is InChI=1S/C18H16F2N2O3/c1-21(2)10-12-4-3-11-7-18(16(22(23)24)9-14(11)12)25-17-6-5-13(19)8-15(17)20/h5-10H,3-4H2,1-2H3. The van der Waals surface area contributed by atoms with Crippen molar-refractivity contribution < 1.29 is 18.4 Å². The van der Waals surface area contributed by atoms with Crippen molar-refractivity contribution in [3.05, 3.63) is 69.4 Å². The Morgan fingerprint density at radius 1 is 1.16 bits per heavy atom. The van der Waals surface area contributed by atoms with Gasteiger partial charge < -0.3 is 9.64 Å². The third-order valence-corrected chi connectivity index (χ3v) is 3.92. The minimum Gasteiger partial charge on any atom is -0.447 e. The van der Waals surface area contributed by atoms with Gasteiger partial charge in [0.1, 0.15) is 5.82 Å². The van der Waals surface area contributed by atoms with E-state index in [0.29, 0.717) is 6.07 Å². The van der Waals surface area contributed by atoms with Crippen LogP contribution in [-0.4, -0.2) is 23.9 Å². The molecule has 2 aromatic carbocycles. The summed E-state index contributed by atoms with van der Waals surface area (Å²) in [6.45, 7) is 0. The van der Waals surface area contributed by atoms with Crippen LogP contribution >= 0.6 is 0 Å². The SMILES string of the molecule is CN(C)C=C1CCc2cc(Oc3ccc(F)cc3F)c([N+](=O)[O-])cc21. The molecule has 3 rings (SSSR count). The molecular formula is C18H16F2N2O3. The Balaban J connectivity index is 2.05. The number of hydrogen-bond acceptors (Lipinski definition) is 4. The van der Waals surface area contributed by atoms with Crippen LogP contribution in [0.3, 0.4) is 0 Å². The highest BCUT2D eigenvalue weighted by Crippen LogP contribution is 2.41. The zero-order valence-electron chi connectivity index (χ0n) is 13.8. The number of hydrogen-bond donors (Lipinski definition) is 0. The predicted molar refractivity (Wildman–Crippen MR) is 89.5 cm³/mol. The second-order valence-corrected chi connectivity index (χ2v) is 6.03. The number of nitro groups is 1. The fourth-order valence-electron chi connectivity index (χ4n) is 2.87. The fraction of sp³-hybridized carbons (Fsp3) is 0.222. The summed E-state index contributed by atoms with van der Waals surface area (Å²) >= 11 is 0. The number of rotatable bonds is 4. The number of aryl methyl sites for hydroxylation is 1. The highest BCUT2D eigenvalue weighted by atomic mass is 19.1. The smallest absolute Gasteiger partial charge is 0.312 e. The molecule has 1 aliphatic rings. The van der Waals surface area contributed by atoms with Crippen LogP contribution in [0.2, 0.25) is 0 Å². The van der Waals surface area contributed by atoms with E-state index < -0.39 is 16.6 Å². The minimum absolute atomic E-state index is 0.0552. The molecule has 0 aromatic heterocycles. The molecule has 1 aliphatic carbocycles. The average Bonchev–Trinajstić information content (AvgIpc) is 2.90. The van der Waals surface area contributed by atoms with E-state index >= 15 is 0 Å². The summed E-state index contributed by atoms with van der Waals surface area (Å²) < 4.78 is 32.2. The molecule has 0 heterocycles. The van der Waals surface area contributed by atoms with E-state index in [1.54, 1.807) is 6.07 Å². The van der Waals surface area contributed by atoms with Crippen molar-refractivity contribution in [1.29, 1.82) is 0 Å². The molecule has 0 saturated carbocycles. The summed E-state index contributed by atoms with van der Waals surface area (Å²) in [5.74, 6) is -1.97. The fourth-order valence-corrected chi connectivity index (χ4v) is 2.87. The lowest BCUT2D eigenvalue weighted by Crippen LogP contribution is -2.02. The normalized spacial score (nSPS) is 14.5. The maximum atomic E-state index is 13.8. The van der Waals surface area contributed by atoms with E-state index in [1.165, 1.54) is 6.07 Å². The molecule has 0 N–H and O–H groups in total. The molecule has 0 spiro atoms. The van der Waals surface area contributed by atoms with E-state index in [9.17, 15) is 18.9 Å². The molecule has 130 valence electrons. The first-order valence-electron chi connectivity index (χ1n) is 7.67. The van der Waals surface area contributed by atoms with Gasteiger partial charge in [-0.25, -0.2) is 8.78 Å². The van der Waals surface area contributed by atoms with Crippen molar-refractivity contribution in [2.45, 2.75) is 12.8 Å². The Morgan fingerprint density at radius 3 is 2.56 bits per heavy atom. The van der Waals surface area contributed by atoms with Gasteiger partial charge in [0.2, 0.25) is 5.75 Å². The first-order chi connectivity index (χ1) is 11.8. The van der Waals surface area contributed by atoms with Crippen molar-refractivity contribution in [2.75, 3.05) is 14.1 Å². The lowest BCUT2D eigenvalue weighted by molar-refractivity contribution is -0.385. The Hall–Kier alpha value is -2.96. The van der Waals surface area contributed by atoms with Crippen molar-refractivity contribution in [3.8, 4) is 11.5 Å². The van der Waals surface area contributed by atoms with Crippen molar-refractivity contribution in [2.24, 2.45) is 0 Å². The summed E-state index contributed by atoms with van der Waals surface area (Å²) in [7, 11) is 3.77. The summed E-state index contributed by atoms with van der Waals surface area (Å²) in [6, 6.07) is 5.84. The number of benzene rings is 2. The zero-order chi connectivity index (χ0) is 18.1. The third-order valence-electron chi connectivity index (χ3n) is 3.92. The largest absolute Gasteiger partial charge is 0.447 e. The summed E-state index contributed by atoms with van der Waals surface area (Å²) in [4.78, 5) is 12.7. The molecule has 0 amide bonds. The lowest BCUT2D eigenvalue weighted by atomic mass is 10.1. The third kappa shape index (κ3) is 3.45. The van der Waals surface area contributed by atoms with E-state index in [0.717, 1.165) is 41.7 Å². The second-order valence-electron chi connectivity index (χ2n) is 6.03. The van der Waals surface area contributed by atoms with Crippen LogP contribution < -0.4 is 4.74 Å². The first-order valence-corrected chi connectivity index (χ1v) is 7.67. The maximum Gasteiger partial charge on any atom is 0.312 e. The van der Waals surface area contributed by atoms with Crippen molar-refractivity contribution >= 4 is 11.3 Å². The number of ether oxygens (including phenoxy) is 1. The highest BCUT2D eigenvalue weighted by molar-refractivity contribution is 5.76.